The average Bonchev–Trinajstić information content (AvgIpc) is 3.10. The first-order valence-corrected chi connectivity index (χ1v) is 20.6. The molecule has 1 N–H and O–H groups in total. The molecule has 0 atom stereocenters. The molecule has 0 aliphatic carbocycles. The molecule has 5 heteroatoms. The second-order valence-electron chi connectivity index (χ2n) is 18.3. The molecule has 0 saturated carbocycles. The molecular formula is C49H62IrNO2S-. The number of aliphatic hydroxyl groups is 1. The Hall–Kier alpha value is -2.98. The van der Waals surface area contributed by atoms with Crippen LogP contribution in [0.5, 0.6) is 0 Å². The third-order valence-electron chi connectivity index (χ3n) is 11.8. The van der Waals surface area contributed by atoms with Gasteiger partial charge in [0, 0.05) is 53.8 Å². The van der Waals surface area contributed by atoms with Crippen LogP contribution in [0.1, 0.15) is 125 Å². The second-order valence-corrected chi connectivity index (χ2v) is 19.3. The van der Waals surface area contributed by atoms with Crippen molar-refractivity contribution in [2.75, 3.05) is 0 Å². The van der Waals surface area contributed by atoms with Crippen molar-refractivity contribution in [3.05, 3.63) is 89.3 Å². The molecule has 0 amide bonds. The minimum Gasteiger partial charge on any atom is -0.512 e. The molecule has 0 fully saturated rings. The summed E-state index contributed by atoms with van der Waals surface area (Å²) in [6.07, 6.45) is 8.83. The fourth-order valence-electron chi connectivity index (χ4n) is 7.55. The van der Waals surface area contributed by atoms with E-state index in [1.807, 2.05) is 59.5 Å². The van der Waals surface area contributed by atoms with Crippen molar-refractivity contribution in [3.8, 4) is 11.3 Å². The van der Waals surface area contributed by atoms with E-state index in [2.05, 4.69) is 103 Å². The number of nitrogens with zero attached hydrogens (tertiary/aromatic N) is 1. The molecule has 1 radical (unpaired) electrons. The van der Waals surface area contributed by atoms with Gasteiger partial charge in [-0.25, -0.2) is 0 Å². The van der Waals surface area contributed by atoms with Crippen LogP contribution in [0, 0.1) is 34.7 Å². The molecule has 3 nitrogen and oxygen atoms in total. The van der Waals surface area contributed by atoms with Crippen LogP contribution in [0.25, 0.3) is 43.6 Å². The van der Waals surface area contributed by atoms with E-state index in [1.54, 1.807) is 0 Å². The maximum absolute atomic E-state index is 12.2. The standard InChI is InChI=1S/C34H34NS.C15H28O2.Ir/c1-20-10-8-11-21-16-26-31-30-24(14-15-35-31)23-13-9-12-22(18-33(2,3)4)25(23)17-28(30)36-32(26)27(29(20)21)19-34(5,6)7;1-7-14(5,8-2)12(16)11-13(17)15(6,9-3)10-4;/h8-15,17H,18-19H2,1-7H3;11,16H,7-10H2,1-6H3;/q-1;;/b;12-11-;. The van der Waals surface area contributed by atoms with Crippen molar-refractivity contribution in [2.24, 2.45) is 21.7 Å². The largest absolute Gasteiger partial charge is 0.512 e. The quantitative estimate of drug-likeness (QED) is 0.0679. The number of ketones is 1. The van der Waals surface area contributed by atoms with Crippen LogP contribution in [0.4, 0.5) is 0 Å². The molecule has 0 bridgehead atoms. The first kappa shape index (κ1) is 43.7. The van der Waals surface area contributed by atoms with Gasteiger partial charge < -0.3 is 5.11 Å². The molecule has 4 aromatic carbocycles. The minimum absolute atomic E-state index is 0. The number of pyridine rings is 1. The molecule has 54 heavy (non-hydrogen) atoms. The topological polar surface area (TPSA) is 50.2 Å². The van der Waals surface area contributed by atoms with Crippen molar-refractivity contribution in [2.45, 2.75) is 138 Å². The number of aliphatic hydroxyl groups excluding tert-OH is 1. The van der Waals surface area contributed by atoms with Crippen LogP contribution >= 0.6 is 11.8 Å². The van der Waals surface area contributed by atoms with Gasteiger partial charge in [0.05, 0.1) is 0 Å². The Labute approximate surface area is 343 Å². The van der Waals surface area contributed by atoms with E-state index >= 15 is 0 Å². The van der Waals surface area contributed by atoms with Crippen LogP contribution in [0.2, 0.25) is 0 Å². The van der Waals surface area contributed by atoms with Gasteiger partial charge in [-0.3, -0.25) is 9.78 Å². The molecule has 1 aromatic heterocycles. The first-order valence-electron chi connectivity index (χ1n) is 19.7. The number of rotatable bonds is 9. The van der Waals surface area contributed by atoms with Gasteiger partial charge in [0.15, 0.2) is 5.78 Å². The summed E-state index contributed by atoms with van der Waals surface area (Å²) in [6.45, 7) is 28.3. The van der Waals surface area contributed by atoms with E-state index < -0.39 is 0 Å². The predicted molar refractivity (Wildman–Crippen MR) is 229 cm³/mol. The molecule has 0 spiro atoms. The zero-order valence-corrected chi connectivity index (χ0v) is 38.3. The summed E-state index contributed by atoms with van der Waals surface area (Å²) < 4.78 is 0. The normalized spacial score (nSPS) is 13.4. The molecule has 1 aliphatic rings. The molecular weight excluding hydrogens is 859 g/mol. The number of hydrogen-bond acceptors (Lipinski definition) is 4. The van der Waals surface area contributed by atoms with E-state index in [4.69, 9.17) is 4.98 Å². The number of aryl methyl sites for hydroxylation is 1. The first-order chi connectivity index (χ1) is 24.8. The molecule has 291 valence electrons. The van der Waals surface area contributed by atoms with E-state index in [1.165, 1.54) is 70.4 Å². The predicted octanol–water partition coefficient (Wildman–Crippen LogP) is 14.6. The Kier molecular flexibility index (Phi) is 13.5. The molecule has 0 unspecified atom stereocenters. The van der Waals surface area contributed by atoms with Crippen molar-refractivity contribution in [1.29, 1.82) is 0 Å². The monoisotopic (exact) mass is 921 g/mol. The molecule has 1 aliphatic heterocycles. The number of fused-ring (bicyclic) bond motifs is 5. The van der Waals surface area contributed by atoms with E-state index in [9.17, 15) is 9.90 Å². The van der Waals surface area contributed by atoms with Crippen LogP contribution in [-0.2, 0) is 37.7 Å². The van der Waals surface area contributed by atoms with E-state index in [0.717, 1.165) is 44.2 Å². The fraction of sp³-hybridized carbons (Fsp3) is 0.469. The Morgan fingerprint density at radius 3 is 1.98 bits per heavy atom. The number of hydrogen-bond donors (Lipinski definition) is 1. The third-order valence-corrected chi connectivity index (χ3v) is 13.0. The van der Waals surface area contributed by atoms with E-state index in [-0.39, 0.29) is 53.3 Å². The number of carbonyl (C=O) groups excluding carboxylic acids is 1. The van der Waals surface area contributed by atoms with Crippen molar-refractivity contribution < 1.29 is 30.0 Å². The van der Waals surface area contributed by atoms with Crippen molar-refractivity contribution in [3.63, 3.8) is 0 Å². The molecule has 2 heterocycles. The Morgan fingerprint density at radius 2 is 1.39 bits per heavy atom. The summed E-state index contributed by atoms with van der Waals surface area (Å²) in [5.41, 5.74) is 6.26. The number of aromatic nitrogens is 1. The summed E-state index contributed by atoms with van der Waals surface area (Å²) in [7, 11) is 0. The van der Waals surface area contributed by atoms with Gasteiger partial charge in [0.25, 0.3) is 0 Å². The van der Waals surface area contributed by atoms with Crippen LogP contribution in [0.3, 0.4) is 0 Å². The van der Waals surface area contributed by atoms with Gasteiger partial charge in [-0.15, -0.1) is 29.3 Å². The molecule has 5 aromatic rings. The van der Waals surface area contributed by atoms with Gasteiger partial charge in [0.1, 0.15) is 5.76 Å². The summed E-state index contributed by atoms with van der Waals surface area (Å²) in [5, 5.41) is 18.0. The molecule has 6 rings (SSSR count). The van der Waals surface area contributed by atoms with Crippen LogP contribution < -0.4 is 0 Å². The summed E-state index contributed by atoms with van der Waals surface area (Å²) in [6, 6.07) is 21.9. The number of carbonyl (C=O) groups is 1. The van der Waals surface area contributed by atoms with Gasteiger partial charge in [-0.1, -0.05) is 135 Å². The minimum atomic E-state index is -0.337. The van der Waals surface area contributed by atoms with Crippen molar-refractivity contribution in [1.82, 2.24) is 4.98 Å². The zero-order valence-electron chi connectivity index (χ0n) is 35.1. The Balaban J connectivity index is 0.000000309. The van der Waals surface area contributed by atoms with Crippen LogP contribution in [0.15, 0.2) is 76.4 Å². The van der Waals surface area contributed by atoms with Gasteiger partial charge in [0.2, 0.25) is 0 Å². The molecule has 0 saturated heterocycles. The second kappa shape index (κ2) is 16.6. The van der Waals surface area contributed by atoms with E-state index in [0.29, 0.717) is 0 Å². The smallest absolute Gasteiger partial charge is 0.164 e. The summed E-state index contributed by atoms with van der Waals surface area (Å²) in [5.74, 6) is 0.286. The maximum atomic E-state index is 12.2. The Bertz CT molecular complexity index is 2190. The Morgan fingerprint density at radius 1 is 0.778 bits per heavy atom. The van der Waals surface area contributed by atoms with Crippen LogP contribution in [-0.4, -0.2) is 15.9 Å². The third kappa shape index (κ3) is 8.85. The van der Waals surface area contributed by atoms with Gasteiger partial charge in [-0.05, 0) is 100 Å². The summed E-state index contributed by atoms with van der Waals surface area (Å²) >= 11 is 1.94. The summed E-state index contributed by atoms with van der Waals surface area (Å²) in [4.78, 5) is 19.8. The fourth-order valence-corrected chi connectivity index (χ4v) is 8.81. The average molecular weight is 921 g/mol. The van der Waals surface area contributed by atoms with Gasteiger partial charge >= 0.3 is 0 Å². The number of benzene rings is 4. The zero-order chi connectivity index (χ0) is 39.1. The van der Waals surface area contributed by atoms with Crippen molar-refractivity contribution >= 4 is 49.9 Å². The van der Waals surface area contributed by atoms with Gasteiger partial charge in [-0.2, -0.15) is 0 Å². The SMILES string of the molecule is CCC(C)(CC)C(=O)/C=C(\O)C(C)(CC)CC.Cc1cccc2[c-]c3c(c(CC(C)(C)C)c12)Sc1cc2c(CC(C)(C)C)cccc2c2ccnc-3c12.[Ir]. The maximum Gasteiger partial charge on any atom is 0.164 e. The number of allylic oxidation sites excluding steroid dienone is 2.